The maximum absolute atomic E-state index is 13.2. The van der Waals surface area contributed by atoms with E-state index < -0.39 is 0 Å². The lowest BCUT2D eigenvalue weighted by Gasteiger charge is -2.28. The van der Waals surface area contributed by atoms with Gasteiger partial charge < -0.3 is 4.74 Å². The van der Waals surface area contributed by atoms with Gasteiger partial charge in [-0.05, 0) is 50.5 Å². The van der Waals surface area contributed by atoms with E-state index in [0.29, 0.717) is 6.42 Å². The van der Waals surface area contributed by atoms with Crippen LogP contribution in [0, 0.1) is 5.82 Å². The molecule has 0 fully saturated rings. The normalized spacial score (nSPS) is 13.7. The number of hydrazine groups is 1. The highest BCUT2D eigenvalue weighted by atomic mass is 79.9. The van der Waals surface area contributed by atoms with E-state index in [0.717, 1.165) is 16.5 Å². The van der Waals surface area contributed by atoms with Gasteiger partial charge in [0.25, 0.3) is 0 Å². The number of benzene rings is 1. The molecule has 0 aliphatic rings. The molecule has 0 radical (unpaired) electrons. The van der Waals surface area contributed by atoms with Gasteiger partial charge in [-0.3, -0.25) is 11.3 Å². The Morgan fingerprint density at radius 2 is 2.17 bits per heavy atom. The molecule has 1 atom stereocenters. The zero-order valence-electron chi connectivity index (χ0n) is 11.0. The summed E-state index contributed by atoms with van der Waals surface area (Å²) < 4.78 is 19.5. The summed E-state index contributed by atoms with van der Waals surface area (Å²) >= 11 is 3.42. The fraction of sp³-hybridized carbons (Fsp3) is 0.538. The van der Waals surface area contributed by atoms with Gasteiger partial charge in [0.05, 0.1) is 5.60 Å². The Morgan fingerprint density at radius 1 is 1.50 bits per heavy atom. The van der Waals surface area contributed by atoms with Crippen LogP contribution in [-0.2, 0) is 11.2 Å². The monoisotopic (exact) mass is 318 g/mol. The SMILES string of the molecule is COC(C)(C)CC(Cc1cc(F)ccc1Br)NN. The third-order valence-electron chi connectivity index (χ3n) is 3.00. The quantitative estimate of drug-likeness (QED) is 0.626. The van der Waals surface area contributed by atoms with E-state index in [1.807, 2.05) is 13.8 Å². The first-order valence-electron chi connectivity index (χ1n) is 5.83. The van der Waals surface area contributed by atoms with Crippen LogP contribution in [0.4, 0.5) is 4.39 Å². The highest BCUT2D eigenvalue weighted by molar-refractivity contribution is 9.10. The Labute approximate surface area is 116 Å². The first-order chi connectivity index (χ1) is 8.38. The summed E-state index contributed by atoms with van der Waals surface area (Å²) in [7, 11) is 1.67. The Kier molecular flexibility index (Phi) is 5.72. The van der Waals surface area contributed by atoms with E-state index in [2.05, 4.69) is 21.4 Å². The second-order valence-electron chi connectivity index (χ2n) is 4.97. The summed E-state index contributed by atoms with van der Waals surface area (Å²) in [6.45, 7) is 4.00. The first kappa shape index (κ1) is 15.6. The van der Waals surface area contributed by atoms with Crippen LogP contribution in [0.1, 0.15) is 25.8 Å². The van der Waals surface area contributed by atoms with Crippen LogP contribution in [0.3, 0.4) is 0 Å². The van der Waals surface area contributed by atoms with Crippen LogP contribution < -0.4 is 11.3 Å². The molecule has 102 valence electrons. The van der Waals surface area contributed by atoms with Gasteiger partial charge in [-0.2, -0.15) is 0 Å². The van der Waals surface area contributed by atoms with Crippen molar-refractivity contribution in [3.8, 4) is 0 Å². The van der Waals surface area contributed by atoms with Crippen molar-refractivity contribution in [2.24, 2.45) is 5.84 Å². The molecular weight excluding hydrogens is 299 g/mol. The molecule has 1 aromatic carbocycles. The summed E-state index contributed by atoms with van der Waals surface area (Å²) in [5.41, 5.74) is 3.39. The van der Waals surface area contributed by atoms with Crippen molar-refractivity contribution in [2.75, 3.05) is 7.11 Å². The average Bonchev–Trinajstić information content (AvgIpc) is 2.32. The molecule has 0 spiro atoms. The molecule has 0 bridgehead atoms. The zero-order chi connectivity index (χ0) is 13.8. The molecule has 0 aliphatic heterocycles. The third kappa shape index (κ3) is 4.65. The van der Waals surface area contributed by atoms with Crippen LogP contribution in [0.2, 0.25) is 0 Å². The van der Waals surface area contributed by atoms with Crippen LogP contribution in [0.5, 0.6) is 0 Å². The van der Waals surface area contributed by atoms with E-state index in [1.165, 1.54) is 12.1 Å². The van der Waals surface area contributed by atoms with Gasteiger partial charge in [-0.1, -0.05) is 15.9 Å². The van der Waals surface area contributed by atoms with Crippen molar-refractivity contribution in [1.29, 1.82) is 0 Å². The highest BCUT2D eigenvalue weighted by Gasteiger charge is 2.23. The Bertz CT molecular complexity index is 399. The molecule has 0 saturated heterocycles. The number of hydrogen-bond acceptors (Lipinski definition) is 3. The lowest BCUT2D eigenvalue weighted by atomic mass is 9.94. The number of methoxy groups -OCH3 is 1. The number of nitrogens with one attached hydrogen (secondary N) is 1. The smallest absolute Gasteiger partial charge is 0.123 e. The second kappa shape index (κ2) is 6.61. The van der Waals surface area contributed by atoms with Crippen LogP contribution in [0.25, 0.3) is 0 Å². The van der Waals surface area contributed by atoms with Crippen molar-refractivity contribution >= 4 is 15.9 Å². The van der Waals surface area contributed by atoms with E-state index in [9.17, 15) is 4.39 Å². The fourth-order valence-electron chi connectivity index (χ4n) is 1.83. The van der Waals surface area contributed by atoms with Gasteiger partial charge in [0, 0.05) is 17.6 Å². The van der Waals surface area contributed by atoms with E-state index in [4.69, 9.17) is 10.6 Å². The molecule has 18 heavy (non-hydrogen) atoms. The summed E-state index contributed by atoms with van der Waals surface area (Å²) in [5.74, 6) is 5.32. The summed E-state index contributed by atoms with van der Waals surface area (Å²) in [5, 5.41) is 0. The first-order valence-corrected chi connectivity index (χ1v) is 6.62. The predicted molar refractivity (Wildman–Crippen MR) is 74.6 cm³/mol. The minimum atomic E-state index is -0.267. The molecule has 0 aromatic heterocycles. The third-order valence-corrected chi connectivity index (χ3v) is 3.77. The summed E-state index contributed by atoms with van der Waals surface area (Å²) in [6.07, 6.45) is 1.38. The molecule has 1 unspecified atom stereocenters. The molecule has 0 saturated carbocycles. The van der Waals surface area contributed by atoms with Gasteiger partial charge in [0.2, 0.25) is 0 Å². The van der Waals surface area contributed by atoms with Gasteiger partial charge in [0.1, 0.15) is 5.82 Å². The Morgan fingerprint density at radius 3 is 2.72 bits per heavy atom. The van der Waals surface area contributed by atoms with Gasteiger partial charge >= 0.3 is 0 Å². The van der Waals surface area contributed by atoms with Gasteiger partial charge in [-0.25, -0.2) is 4.39 Å². The lowest BCUT2D eigenvalue weighted by molar-refractivity contribution is 0.00709. The molecule has 3 nitrogen and oxygen atoms in total. The van der Waals surface area contributed by atoms with Crippen LogP contribution in [-0.4, -0.2) is 18.8 Å². The molecule has 1 rings (SSSR count). The minimum absolute atomic E-state index is 0.0260. The largest absolute Gasteiger partial charge is 0.379 e. The predicted octanol–water partition coefficient (Wildman–Crippen LogP) is 2.78. The standard InChI is InChI=1S/C13H20BrFN2O/c1-13(2,18-3)8-11(17-16)7-9-6-10(15)4-5-12(9)14/h4-6,11,17H,7-8,16H2,1-3H3. The molecule has 1 aromatic rings. The highest BCUT2D eigenvalue weighted by Crippen LogP contribution is 2.23. The van der Waals surface area contributed by atoms with Crippen molar-refractivity contribution < 1.29 is 9.13 Å². The van der Waals surface area contributed by atoms with Gasteiger partial charge in [-0.15, -0.1) is 0 Å². The van der Waals surface area contributed by atoms with Crippen LogP contribution in [0.15, 0.2) is 22.7 Å². The number of nitrogens with two attached hydrogens (primary N) is 1. The zero-order valence-corrected chi connectivity index (χ0v) is 12.6. The molecule has 5 heteroatoms. The summed E-state index contributed by atoms with van der Waals surface area (Å²) in [6, 6.07) is 4.68. The van der Waals surface area contributed by atoms with Crippen molar-refractivity contribution in [3.05, 3.63) is 34.1 Å². The Hall–Kier alpha value is -0.490. The average molecular weight is 319 g/mol. The maximum Gasteiger partial charge on any atom is 0.123 e. The van der Waals surface area contributed by atoms with E-state index in [-0.39, 0.29) is 17.5 Å². The molecule has 0 aliphatic carbocycles. The number of rotatable bonds is 6. The topological polar surface area (TPSA) is 47.3 Å². The molecular formula is C13H20BrFN2O. The second-order valence-corrected chi connectivity index (χ2v) is 5.83. The van der Waals surface area contributed by atoms with E-state index >= 15 is 0 Å². The van der Waals surface area contributed by atoms with Crippen LogP contribution >= 0.6 is 15.9 Å². The van der Waals surface area contributed by atoms with Crippen molar-refractivity contribution in [3.63, 3.8) is 0 Å². The maximum atomic E-state index is 13.2. The Balaban J connectivity index is 2.77. The van der Waals surface area contributed by atoms with Gasteiger partial charge in [0.15, 0.2) is 0 Å². The molecule has 0 heterocycles. The van der Waals surface area contributed by atoms with Crippen molar-refractivity contribution in [1.82, 2.24) is 5.43 Å². The number of hydrogen-bond donors (Lipinski definition) is 2. The summed E-state index contributed by atoms with van der Waals surface area (Å²) in [4.78, 5) is 0. The van der Waals surface area contributed by atoms with E-state index in [1.54, 1.807) is 13.2 Å². The van der Waals surface area contributed by atoms with Crippen molar-refractivity contribution in [2.45, 2.75) is 38.3 Å². The minimum Gasteiger partial charge on any atom is -0.379 e. The fourth-order valence-corrected chi connectivity index (χ4v) is 2.24. The number of ether oxygens (including phenoxy) is 1. The molecule has 0 amide bonds. The molecule has 3 N–H and O–H groups in total. The number of halogens is 2. The lowest BCUT2D eigenvalue weighted by Crippen LogP contribution is -2.42.